The number of anilines is 1. The van der Waals surface area contributed by atoms with Crippen LogP contribution in [0.4, 0.5) is 10.1 Å². The summed E-state index contributed by atoms with van der Waals surface area (Å²) in [5, 5.41) is 2.44. The molecule has 0 aliphatic rings. The second-order valence-corrected chi connectivity index (χ2v) is 4.01. The number of amides is 1. The number of methoxy groups -OCH3 is 1. The van der Waals surface area contributed by atoms with E-state index in [0.717, 1.165) is 0 Å². The number of benzene rings is 2. The molecule has 0 fully saturated rings. The Hall–Kier alpha value is -2.69. The van der Waals surface area contributed by atoms with Crippen molar-refractivity contribution in [1.82, 2.24) is 0 Å². The monoisotopic (exact) mass is 273 g/mol. The molecule has 20 heavy (non-hydrogen) atoms. The molecule has 0 bridgehead atoms. The van der Waals surface area contributed by atoms with Crippen LogP contribution in [-0.2, 0) is 4.74 Å². The standard InChI is InChI=1S/C15H12FNO3/c1-20-15(19)11-6-4-5-10(9-11)14(18)17-13-8-3-2-7-12(13)16/h2-9H,1H3,(H,17,18). The second kappa shape index (κ2) is 5.97. The van der Waals surface area contributed by atoms with Crippen molar-refractivity contribution >= 4 is 17.6 Å². The highest BCUT2D eigenvalue weighted by Gasteiger charge is 2.12. The van der Waals surface area contributed by atoms with Gasteiger partial charge in [0.2, 0.25) is 0 Å². The third kappa shape index (κ3) is 3.00. The molecule has 2 aromatic carbocycles. The van der Waals surface area contributed by atoms with Crippen LogP contribution in [0, 0.1) is 5.82 Å². The Morgan fingerprint density at radius 1 is 1.05 bits per heavy atom. The van der Waals surface area contributed by atoms with Gasteiger partial charge in [-0.25, -0.2) is 9.18 Å². The molecule has 0 spiro atoms. The van der Waals surface area contributed by atoms with E-state index < -0.39 is 17.7 Å². The minimum atomic E-state index is -0.537. The Bertz CT molecular complexity index is 655. The van der Waals surface area contributed by atoms with Crippen LogP contribution in [0.15, 0.2) is 48.5 Å². The molecule has 0 unspecified atom stereocenters. The van der Waals surface area contributed by atoms with Crippen LogP contribution < -0.4 is 5.32 Å². The summed E-state index contributed by atoms with van der Waals surface area (Å²) in [7, 11) is 1.26. The topological polar surface area (TPSA) is 55.4 Å². The molecule has 0 aromatic heterocycles. The zero-order chi connectivity index (χ0) is 14.5. The van der Waals surface area contributed by atoms with Crippen LogP contribution in [0.1, 0.15) is 20.7 Å². The summed E-state index contributed by atoms with van der Waals surface area (Å²) in [4.78, 5) is 23.4. The van der Waals surface area contributed by atoms with Crippen molar-refractivity contribution in [3.63, 3.8) is 0 Å². The molecule has 0 aliphatic heterocycles. The molecular formula is C15H12FNO3. The van der Waals surface area contributed by atoms with Crippen LogP contribution in [0.5, 0.6) is 0 Å². The van der Waals surface area contributed by atoms with Gasteiger partial charge in [0.1, 0.15) is 5.82 Å². The minimum absolute atomic E-state index is 0.0842. The lowest BCUT2D eigenvalue weighted by Crippen LogP contribution is -2.14. The van der Waals surface area contributed by atoms with Gasteiger partial charge in [0, 0.05) is 5.56 Å². The first-order chi connectivity index (χ1) is 9.61. The maximum Gasteiger partial charge on any atom is 0.337 e. The van der Waals surface area contributed by atoms with Gasteiger partial charge in [0.05, 0.1) is 18.4 Å². The lowest BCUT2D eigenvalue weighted by atomic mass is 10.1. The number of ether oxygens (including phenoxy) is 1. The summed E-state index contributed by atoms with van der Waals surface area (Å²) in [6, 6.07) is 11.9. The Morgan fingerprint density at radius 2 is 1.75 bits per heavy atom. The molecule has 2 rings (SSSR count). The van der Waals surface area contributed by atoms with E-state index in [-0.39, 0.29) is 16.8 Å². The summed E-state index contributed by atoms with van der Waals surface area (Å²) < 4.78 is 18.0. The molecule has 0 saturated carbocycles. The minimum Gasteiger partial charge on any atom is -0.465 e. The lowest BCUT2D eigenvalue weighted by Gasteiger charge is -2.07. The number of carbonyl (C=O) groups is 2. The molecule has 2 aromatic rings. The number of para-hydroxylation sites is 1. The highest BCUT2D eigenvalue weighted by atomic mass is 19.1. The zero-order valence-electron chi connectivity index (χ0n) is 10.7. The van der Waals surface area contributed by atoms with Gasteiger partial charge in [-0.3, -0.25) is 4.79 Å². The number of hydrogen-bond acceptors (Lipinski definition) is 3. The van der Waals surface area contributed by atoms with Gasteiger partial charge in [-0.05, 0) is 30.3 Å². The first-order valence-corrected chi connectivity index (χ1v) is 5.86. The molecule has 1 amide bonds. The first-order valence-electron chi connectivity index (χ1n) is 5.86. The van der Waals surface area contributed by atoms with E-state index in [1.807, 2.05) is 0 Å². The van der Waals surface area contributed by atoms with E-state index >= 15 is 0 Å². The lowest BCUT2D eigenvalue weighted by molar-refractivity contribution is 0.0600. The van der Waals surface area contributed by atoms with Crippen molar-refractivity contribution in [2.24, 2.45) is 0 Å². The number of rotatable bonds is 3. The first kappa shape index (κ1) is 13.7. The van der Waals surface area contributed by atoms with E-state index in [2.05, 4.69) is 10.1 Å². The zero-order valence-corrected chi connectivity index (χ0v) is 10.7. The SMILES string of the molecule is COC(=O)c1cccc(C(=O)Nc2ccccc2F)c1. The largest absolute Gasteiger partial charge is 0.465 e. The fourth-order valence-electron chi connectivity index (χ4n) is 1.66. The quantitative estimate of drug-likeness (QED) is 0.875. The maximum absolute atomic E-state index is 13.4. The molecule has 0 heterocycles. The average molecular weight is 273 g/mol. The maximum atomic E-state index is 13.4. The third-order valence-electron chi connectivity index (χ3n) is 2.67. The fraction of sp³-hybridized carbons (Fsp3) is 0.0667. The van der Waals surface area contributed by atoms with Crippen molar-refractivity contribution in [3.05, 3.63) is 65.5 Å². The van der Waals surface area contributed by atoms with Gasteiger partial charge in [-0.1, -0.05) is 18.2 Å². The molecule has 4 nitrogen and oxygen atoms in total. The third-order valence-corrected chi connectivity index (χ3v) is 2.67. The summed E-state index contributed by atoms with van der Waals surface area (Å²) in [6.45, 7) is 0. The summed E-state index contributed by atoms with van der Waals surface area (Å²) in [5.41, 5.74) is 0.589. The normalized spacial score (nSPS) is 9.90. The number of hydrogen-bond donors (Lipinski definition) is 1. The highest BCUT2D eigenvalue weighted by Crippen LogP contribution is 2.14. The number of esters is 1. The Kier molecular flexibility index (Phi) is 4.10. The van der Waals surface area contributed by atoms with Crippen molar-refractivity contribution in [1.29, 1.82) is 0 Å². The fourth-order valence-corrected chi connectivity index (χ4v) is 1.66. The van der Waals surface area contributed by atoms with Crippen molar-refractivity contribution in [2.45, 2.75) is 0 Å². The summed E-state index contributed by atoms with van der Waals surface area (Å²) in [6.07, 6.45) is 0. The van der Waals surface area contributed by atoms with Crippen LogP contribution in [-0.4, -0.2) is 19.0 Å². The van der Waals surface area contributed by atoms with E-state index in [4.69, 9.17) is 0 Å². The van der Waals surface area contributed by atoms with Crippen LogP contribution in [0.3, 0.4) is 0 Å². The van der Waals surface area contributed by atoms with Crippen LogP contribution in [0.2, 0.25) is 0 Å². The van der Waals surface area contributed by atoms with E-state index in [9.17, 15) is 14.0 Å². The van der Waals surface area contributed by atoms with Crippen LogP contribution >= 0.6 is 0 Å². The molecule has 0 aliphatic carbocycles. The van der Waals surface area contributed by atoms with E-state index in [1.165, 1.54) is 43.5 Å². The molecule has 102 valence electrons. The Labute approximate surface area is 115 Å². The van der Waals surface area contributed by atoms with E-state index in [0.29, 0.717) is 0 Å². The van der Waals surface area contributed by atoms with E-state index in [1.54, 1.807) is 12.1 Å². The smallest absolute Gasteiger partial charge is 0.337 e. The molecule has 0 saturated heterocycles. The van der Waals surface area contributed by atoms with Gasteiger partial charge in [0.25, 0.3) is 5.91 Å². The van der Waals surface area contributed by atoms with Gasteiger partial charge < -0.3 is 10.1 Å². The predicted molar refractivity (Wildman–Crippen MR) is 72.1 cm³/mol. The van der Waals surface area contributed by atoms with Gasteiger partial charge >= 0.3 is 5.97 Å². The Morgan fingerprint density at radius 3 is 2.45 bits per heavy atom. The molecule has 0 radical (unpaired) electrons. The predicted octanol–water partition coefficient (Wildman–Crippen LogP) is 2.86. The molecule has 0 atom stereocenters. The molecule has 5 heteroatoms. The summed E-state index contributed by atoms with van der Waals surface area (Å²) >= 11 is 0. The van der Waals surface area contributed by atoms with Crippen LogP contribution in [0.25, 0.3) is 0 Å². The van der Waals surface area contributed by atoms with Crippen molar-refractivity contribution < 1.29 is 18.7 Å². The number of halogens is 1. The van der Waals surface area contributed by atoms with Crippen molar-refractivity contribution in [3.8, 4) is 0 Å². The average Bonchev–Trinajstić information content (AvgIpc) is 2.49. The second-order valence-electron chi connectivity index (χ2n) is 4.01. The Balaban J connectivity index is 2.22. The summed E-state index contributed by atoms with van der Waals surface area (Å²) in [5.74, 6) is -1.56. The van der Waals surface area contributed by atoms with Gasteiger partial charge in [0.15, 0.2) is 0 Å². The van der Waals surface area contributed by atoms with Gasteiger partial charge in [-0.2, -0.15) is 0 Å². The van der Waals surface area contributed by atoms with Gasteiger partial charge in [-0.15, -0.1) is 0 Å². The molecular weight excluding hydrogens is 261 g/mol. The molecule has 1 N–H and O–H groups in total. The number of nitrogens with one attached hydrogen (secondary N) is 1. The van der Waals surface area contributed by atoms with Crippen molar-refractivity contribution in [2.75, 3.05) is 12.4 Å². The number of carbonyl (C=O) groups excluding carboxylic acids is 2. The highest BCUT2D eigenvalue weighted by molar-refractivity contribution is 6.05.